The number of methoxy groups -OCH3 is 3. The Morgan fingerprint density at radius 2 is 2.00 bits per heavy atom. The molecule has 0 saturated carbocycles. The van der Waals surface area contributed by atoms with E-state index in [2.05, 4.69) is 10.5 Å². The summed E-state index contributed by atoms with van der Waals surface area (Å²) in [6.07, 6.45) is 3.17. The van der Waals surface area contributed by atoms with Crippen LogP contribution in [0.4, 0.5) is 0 Å². The van der Waals surface area contributed by atoms with Gasteiger partial charge in [0, 0.05) is 18.5 Å². The molecule has 1 saturated heterocycles. The van der Waals surface area contributed by atoms with Crippen molar-refractivity contribution in [2.45, 2.75) is 13.0 Å². The summed E-state index contributed by atoms with van der Waals surface area (Å²) >= 11 is 0. The lowest BCUT2D eigenvalue weighted by molar-refractivity contribution is -0.129. The van der Waals surface area contributed by atoms with Gasteiger partial charge in [0.05, 0.1) is 46.3 Å². The van der Waals surface area contributed by atoms with Gasteiger partial charge in [0.2, 0.25) is 17.6 Å². The average Bonchev–Trinajstić information content (AvgIpc) is 3.37. The van der Waals surface area contributed by atoms with Crippen molar-refractivity contribution in [3.8, 4) is 17.2 Å². The second-order valence-corrected chi connectivity index (χ2v) is 6.45. The van der Waals surface area contributed by atoms with Gasteiger partial charge in [-0.15, -0.1) is 0 Å². The third-order valence-electron chi connectivity index (χ3n) is 4.59. The first kappa shape index (κ1) is 20.2. The van der Waals surface area contributed by atoms with E-state index in [4.69, 9.17) is 18.6 Å². The molecule has 1 aliphatic heterocycles. The number of carbonyl (C=O) groups is 2. The van der Waals surface area contributed by atoms with Gasteiger partial charge in [-0.2, -0.15) is 5.10 Å². The van der Waals surface area contributed by atoms with Crippen LogP contribution < -0.4 is 19.6 Å². The van der Waals surface area contributed by atoms with Gasteiger partial charge in [-0.05, 0) is 24.3 Å². The first-order valence-electron chi connectivity index (χ1n) is 8.98. The lowest BCUT2D eigenvalue weighted by atomic mass is 10.1. The van der Waals surface area contributed by atoms with Crippen molar-refractivity contribution in [1.82, 2.24) is 10.3 Å². The van der Waals surface area contributed by atoms with E-state index in [0.29, 0.717) is 41.7 Å². The topological polar surface area (TPSA) is 103 Å². The molecular weight excluding hydrogens is 378 g/mol. The highest BCUT2D eigenvalue weighted by Gasteiger charge is 2.34. The molecule has 9 nitrogen and oxygen atoms in total. The van der Waals surface area contributed by atoms with Crippen LogP contribution in [0.2, 0.25) is 0 Å². The van der Waals surface area contributed by atoms with Gasteiger partial charge in [0.25, 0.3) is 0 Å². The van der Waals surface area contributed by atoms with E-state index < -0.39 is 5.92 Å². The van der Waals surface area contributed by atoms with Gasteiger partial charge in [0.15, 0.2) is 11.5 Å². The highest BCUT2D eigenvalue weighted by Crippen LogP contribution is 2.37. The van der Waals surface area contributed by atoms with Crippen LogP contribution in [0.5, 0.6) is 17.2 Å². The number of carbonyl (C=O) groups excluding carboxylic acids is 2. The number of hydrazone groups is 1. The van der Waals surface area contributed by atoms with E-state index in [1.807, 2.05) is 0 Å². The molecule has 29 heavy (non-hydrogen) atoms. The van der Waals surface area contributed by atoms with E-state index in [-0.39, 0.29) is 18.2 Å². The van der Waals surface area contributed by atoms with Gasteiger partial charge < -0.3 is 23.5 Å². The van der Waals surface area contributed by atoms with Crippen molar-refractivity contribution in [3.63, 3.8) is 0 Å². The maximum Gasteiger partial charge on any atom is 0.245 e. The molecule has 0 aliphatic carbocycles. The Labute approximate surface area is 168 Å². The van der Waals surface area contributed by atoms with Crippen molar-refractivity contribution >= 4 is 18.0 Å². The number of ether oxygens (including phenoxy) is 3. The van der Waals surface area contributed by atoms with Crippen molar-refractivity contribution < 1.29 is 28.2 Å². The van der Waals surface area contributed by atoms with Gasteiger partial charge >= 0.3 is 0 Å². The maximum atomic E-state index is 12.4. The fraction of sp³-hybridized carbons (Fsp3) is 0.350. The Hall–Kier alpha value is -3.49. The summed E-state index contributed by atoms with van der Waals surface area (Å²) < 4.78 is 21.1. The number of likely N-dealkylation sites (tertiary alicyclic amines) is 1. The molecule has 2 aromatic rings. The summed E-state index contributed by atoms with van der Waals surface area (Å²) in [5.74, 6) is 1.25. The minimum atomic E-state index is -0.463. The molecule has 2 amide bonds. The summed E-state index contributed by atoms with van der Waals surface area (Å²) in [6, 6.07) is 6.97. The predicted molar refractivity (Wildman–Crippen MR) is 104 cm³/mol. The maximum absolute atomic E-state index is 12.4. The molecular formula is C20H23N3O6. The minimum absolute atomic E-state index is 0.0878. The molecule has 9 heteroatoms. The Bertz CT molecular complexity index is 869. The number of furan rings is 1. The quantitative estimate of drug-likeness (QED) is 0.535. The lowest BCUT2D eigenvalue weighted by Gasteiger charge is -2.14. The minimum Gasteiger partial charge on any atom is -0.493 e. The third kappa shape index (κ3) is 4.68. The molecule has 0 spiro atoms. The summed E-state index contributed by atoms with van der Waals surface area (Å²) in [5, 5.41) is 3.99. The van der Waals surface area contributed by atoms with Crippen LogP contribution in [0.15, 0.2) is 40.0 Å². The first-order valence-corrected chi connectivity index (χ1v) is 8.98. The SMILES string of the molecule is COc1cc(/C=N/NC(=O)C2CC(=O)N(Cc3ccco3)C2)cc(OC)c1OC. The molecule has 1 aromatic heterocycles. The molecule has 1 atom stereocenters. The van der Waals surface area contributed by atoms with E-state index in [0.717, 1.165) is 0 Å². The number of amides is 2. The Morgan fingerprint density at radius 3 is 2.59 bits per heavy atom. The zero-order valence-corrected chi connectivity index (χ0v) is 16.5. The molecule has 154 valence electrons. The summed E-state index contributed by atoms with van der Waals surface area (Å²) in [7, 11) is 4.56. The van der Waals surface area contributed by atoms with Crippen LogP contribution in [-0.2, 0) is 16.1 Å². The van der Waals surface area contributed by atoms with Crippen molar-refractivity contribution in [3.05, 3.63) is 41.9 Å². The van der Waals surface area contributed by atoms with Crippen molar-refractivity contribution in [2.24, 2.45) is 11.0 Å². The van der Waals surface area contributed by atoms with Crippen molar-refractivity contribution in [1.29, 1.82) is 0 Å². The number of rotatable bonds is 8. The van der Waals surface area contributed by atoms with Gasteiger partial charge in [0.1, 0.15) is 5.76 Å². The lowest BCUT2D eigenvalue weighted by Crippen LogP contribution is -2.30. The molecule has 1 aromatic carbocycles. The highest BCUT2D eigenvalue weighted by molar-refractivity contribution is 5.90. The van der Waals surface area contributed by atoms with Gasteiger partial charge in [-0.1, -0.05) is 0 Å². The number of benzene rings is 1. The zero-order chi connectivity index (χ0) is 20.8. The van der Waals surface area contributed by atoms with Crippen LogP contribution in [0.1, 0.15) is 17.7 Å². The smallest absolute Gasteiger partial charge is 0.245 e. The summed E-state index contributed by atoms with van der Waals surface area (Å²) in [4.78, 5) is 26.1. The van der Waals surface area contributed by atoms with Crippen molar-refractivity contribution in [2.75, 3.05) is 27.9 Å². The number of nitrogens with zero attached hydrogens (tertiary/aromatic N) is 2. The molecule has 1 N–H and O–H groups in total. The molecule has 1 fully saturated rings. The fourth-order valence-electron chi connectivity index (χ4n) is 3.13. The zero-order valence-electron chi connectivity index (χ0n) is 16.5. The monoisotopic (exact) mass is 401 g/mol. The molecule has 2 heterocycles. The molecule has 0 bridgehead atoms. The van der Waals surface area contributed by atoms with Crippen LogP contribution in [0.3, 0.4) is 0 Å². The fourth-order valence-corrected chi connectivity index (χ4v) is 3.13. The van der Waals surface area contributed by atoms with Gasteiger partial charge in [-0.3, -0.25) is 9.59 Å². The number of nitrogens with one attached hydrogen (secondary N) is 1. The van der Waals surface area contributed by atoms with E-state index >= 15 is 0 Å². The standard InChI is InChI=1S/C20H23N3O6/c1-26-16-7-13(8-17(27-2)19(16)28-3)10-21-22-20(25)14-9-18(24)23(11-14)12-15-5-4-6-29-15/h4-8,10,14H,9,11-12H2,1-3H3,(H,22,25)/b21-10+. The first-order chi connectivity index (χ1) is 14.0. The second kappa shape index (κ2) is 9.13. The van der Waals surface area contributed by atoms with Crippen LogP contribution >= 0.6 is 0 Å². The van der Waals surface area contributed by atoms with Gasteiger partial charge in [-0.25, -0.2) is 5.43 Å². The van der Waals surface area contributed by atoms with Crippen LogP contribution in [0, 0.1) is 5.92 Å². The van der Waals surface area contributed by atoms with Crippen LogP contribution in [-0.4, -0.2) is 50.8 Å². The number of hydrogen-bond donors (Lipinski definition) is 1. The Balaban J connectivity index is 1.60. The van der Waals surface area contributed by atoms with E-state index in [1.54, 1.807) is 35.4 Å². The Kier molecular flexibility index (Phi) is 6.38. The predicted octanol–water partition coefficient (Wildman–Crippen LogP) is 1.80. The largest absolute Gasteiger partial charge is 0.493 e. The number of hydrogen-bond acceptors (Lipinski definition) is 7. The third-order valence-corrected chi connectivity index (χ3v) is 4.59. The molecule has 1 aliphatic rings. The normalized spacial score (nSPS) is 16.3. The second-order valence-electron chi connectivity index (χ2n) is 6.45. The van der Waals surface area contributed by atoms with E-state index in [9.17, 15) is 9.59 Å². The van der Waals surface area contributed by atoms with Crippen LogP contribution in [0.25, 0.3) is 0 Å². The average molecular weight is 401 g/mol. The summed E-state index contributed by atoms with van der Waals surface area (Å²) in [6.45, 7) is 0.676. The molecule has 3 rings (SSSR count). The molecule has 1 unspecified atom stereocenters. The summed E-state index contributed by atoms with van der Waals surface area (Å²) in [5.41, 5.74) is 3.15. The van der Waals surface area contributed by atoms with E-state index in [1.165, 1.54) is 27.5 Å². The molecule has 0 radical (unpaired) electrons. The Morgan fingerprint density at radius 1 is 1.28 bits per heavy atom. The highest BCUT2D eigenvalue weighted by atomic mass is 16.5.